The number of nitrogens with zero attached hydrogens (tertiary/aromatic N) is 1. The highest BCUT2D eigenvalue weighted by atomic mass is 16.5. The zero-order chi connectivity index (χ0) is 11.4. The average molecular weight is 222 g/mol. The molecule has 1 N–H and O–H groups in total. The predicted octanol–water partition coefficient (Wildman–Crippen LogP) is 1.39. The second-order valence-electron chi connectivity index (χ2n) is 3.97. The normalized spacial score (nSPS) is 14.9. The molecule has 1 aliphatic carbocycles. The van der Waals surface area contributed by atoms with Crippen molar-refractivity contribution < 1.29 is 9.47 Å². The molecule has 0 amide bonds. The van der Waals surface area contributed by atoms with Crippen LogP contribution in [0.5, 0.6) is 11.5 Å². The van der Waals surface area contributed by atoms with Crippen molar-refractivity contribution >= 4 is 0 Å². The van der Waals surface area contributed by atoms with Crippen molar-refractivity contribution in [2.75, 3.05) is 20.8 Å². The molecule has 0 aromatic carbocycles. The molecule has 0 spiro atoms. The van der Waals surface area contributed by atoms with E-state index in [9.17, 15) is 0 Å². The van der Waals surface area contributed by atoms with Gasteiger partial charge in [0.2, 0.25) is 0 Å². The molecule has 88 valence electrons. The minimum absolute atomic E-state index is 0.733. The second kappa shape index (κ2) is 5.16. The second-order valence-corrected chi connectivity index (χ2v) is 3.97. The molecule has 0 radical (unpaired) electrons. The molecule has 0 unspecified atom stereocenters. The van der Waals surface area contributed by atoms with Crippen molar-refractivity contribution in [3.05, 3.63) is 18.0 Å². The molecule has 1 saturated carbocycles. The van der Waals surface area contributed by atoms with E-state index in [4.69, 9.17) is 9.47 Å². The number of hydrogen-bond acceptors (Lipinski definition) is 4. The molecular weight excluding hydrogens is 204 g/mol. The van der Waals surface area contributed by atoms with Gasteiger partial charge in [-0.1, -0.05) is 0 Å². The van der Waals surface area contributed by atoms with Crippen LogP contribution in [-0.4, -0.2) is 31.8 Å². The van der Waals surface area contributed by atoms with Gasteiger partial charge in [0.05, 0.1) is 19.9 Å². The van der Waals surface area contributed by atoms with Crippen LogP contribution in [0.1, 0.15) is 18.5 Å². The minimum Gasteiger partial charge on any atom is -0.493 e. The summed E-state index contributed by atoms with van der Waals surface area (Å²) in [5, 5.41) is 3.46. The van der Waals surface area contributed by atoms with Crippen molar-refractivity contribution in [1.82, 2.24) is 10.3 Å². The Hall–Kier alpha value is -1.29. The molecule has 1 aliphatic rings. The van der Waals surface area contributed by atoms with Gasteiger partial charge in [-0.15, -0.1) is 0 Å². The van der Waals surface area contributed by atoms with E-state index in [1.165, 1.54) is 12.8 Å². The van der Waals surface area contributed by atoms with Crippen molar-refractivity contribution in [2.45, 2.75) is 25.3 Å². The molecule has 4 heteroatoms. The first-order valence-electron chi connectivity index (χ1n) is 5.64. The van der Waals surface area contributed by atoms with E-state index in [0.29, 0.717) is 0 Å². The predicted molar refractivity (Wildman–Crippen MR) is 62.1 cm³/mol. The number of methoxy groups -OCH3 is 2. The maximum atomic E-state index is 5.33. The Morgan fingerprint density at radius 3 is 2.81 bits per heavy atom. The number of nitrogens with one attached hydrogen (secondary N) is 1. The van der Waals surface area contributed by atoms with Crippen molar-refractivity contribution in [3.8, 4) is 11.5 Å². The summed E-state index contributed by atoms with van der Waals surface area (Å²) in [6.45, 7) is 0.946. The highest BCUT2D eigenvalue weighted by Crippen LogP contribution is 2.29. The summed E-state index contributed by atoms with van der Waals surface area (Å²) in [5.74, 6) is 1.50. The van der Waals surface area contributed by atoms with Crippen LogP contribution in [0.25, 0.3) is 0 Å². The van der Waals surface area contributed by atoms with Crippen LogP contribution in [0.15, 0.2) is 12.3 Å². The van der Waals surface area contributed by atoms with Gasteiger partial charge in [-0.25, -0.2) is 0 Å². The zero-order valence-corrected chi connectivity index (χ0v) is 9.82. The molecule has 0 bridgehead atoms. The summed E-state index contributed by atoms with van der Waals surface area (Å²) < 4.78 is 10.6. The smallest absolute Gasteiger partial charge is 0.182 e. The fraction of sp³-hybridized carbons (Fsp3) is 0.583. The van der Waals surface area contributed by atoms with Gasteiger partial charge in [0.25, 0.3) is 0 Å². The van der Waals surface area contributed by atoms with Crippen LogP contribution in [0.3, 0.4) is 0 Å². The van der Waals surface area contributed by atoms with Gasteiger partial charge in [-0.3, -0.25) is 4.98 Å². The molecule has 0 saturated heterocycles. The Balaban J connectivity index is 1.99. The Morgan fingerprint density at radius 1 is 1.38 bits per heavy atom. The van der Waals surface area contributed by atoms with Crippen molar-refractivity contribution in [3.63, 3.8) is 0 Å². The number of aromatic nitrogens is 1. The number of hydrogen-bond donors (Lipinski definition) is 1. The maximum absolute atomic E-state index is 5.33. The van der Waals surface area contributed by atoms with Gasteiger partial charge in [0, 0.05) is 31.3 Å². The van der Waals surface area contributed by atoms with Crippen LogP contribution < -0.4 is 14.8 Å². The topological polar surface area (TPSA) is 43.4 Å². The molecule has 0 aliphatic heterocycles. The van der Waals surface area contributed by atoms with Gasteiger partial charge >= 0.3 is 0 Å². The lowest BCUT2D eigenvalue weighted by molar-refractivity contribution is 0.349. The van der Waals surface area contributed by atoms with Gasteiger partial charge in [-0.2, -0.15) is 0 Å². The quantitative estimate of drug-likeness (QED) is 0.790. The minimum atomic E-state index is 0.733. The molecule has 1 aromatic heterocycles. The summed E-state index contributed by atoms with van der Waals surface area (Å²) in [4.78, 5) is 4.33. The zero-order valence-electron chi connectivity index (χ0n) is 9.82. The van der Waals surface area contributed by atoms with E-state index in [0.717, 1.165) is 36.2 Å². The largest absolute Gasteiger partial charge is 0.493 e. The third-order valence-electron chi connectivity index (χ3n) is 2.74. The number of rotatable bonds is 6. The van der Waals surface area contributed by atoms with E-state index in [1.807, 2.05) is 6.07 Å². The van der Waals surface area contributed by atoms with Gasteiger partial charge in [0.15, 0.2) is 11.5 Å². The maximum Gasteiger partial charge on any atom is 0.182 e. The van der Waals surface area contributed by atoms with Crippen LogP contribution >= 0.6 is 0 Å². The van der Waals surface area contributed by atoms with E-state index < -0.39 is 0 Å². The van der Waals surface area contributed by atoms with Crippen LogP contribution in [0.2, 0.25) is 0 Å². The lowest BCUT2D eigenvalue weighted by Gasteiger charge is -2.11. The van der Waals surface area contributed by atoms with Crippen LogP contribution in [-0.2, 0) is 6.42 Å². The third-order valence-corrected chi connectivity index (χ3v) is 2.74. The Bertz CT molecular complexity index is 351. The molecule has 1 heterocycles. The van der Waals surface area contributed by atoms with E-state index in [2.05, 4.69) is 10.3 Å². The molecule has 0 atom stereocenters. The molecule has 1 aromatic rings. The van der Waals surface area contributed by atoms with Crippen molar-refractivity contribution in [1.29, 1.82) is 0 Å². The summed E-state index contributed by atoms with van der Waals surface area (Å²) in [6, 6.07) is 2.55. The fourth-order valence-electron chi connectivity index (χ4n) is 1.71. The first kappa shape index (κ1) is 11.2. The Labute approximate surface area is 96.0 Å². The number of pyridine rings is 1. The van der Waals surface area contributed by atoms with E-state index in [1.54, 1.807) is 20.4 Å². The number of ether oxygens (including phenoxy) is 2. The summed E-state index contributed by atoms with van der Waals surface area (Å²) in [5.41, 5.74) is 0.954. The van der Waals surface area contributed by atoms with Gasteiger partial charge in [0.1, 0.15) is 0 Å². The summed E-state index contributed by atoms with van der Waals surface area (Å²) in [6.07, 6.45) is 5.25. The SMILES string of the molecule is COc1ccnc(CCNC2CC2)c1OC. The molecule has 4 nitrogen and oxygen atoms in total. The molecule has 16 heavy (non-hydrogen) atoms. The van der Waals surface area contributed by atoms with E-state index in [-0.39, 0.29) is 0 Å². The average Bonchev–Trinajstić information content (AvgIpc) is 3.12. The molecule has 2 rings (SSSR count). The van der Waals surface area contributed by atoms with Crippen LogP contribution in [0, 0.1) is 0 Å². The van der Waals surface area contributed by atoms with Crippen LogP contribution in [0.4, 0.5) is 0 Å². The monoisotopic (exact) mass is 222 g/mol. The van der Waals surface area contributed by atoms with E-state index >= 15 is 0 Å². The first-order valence-corrected chi connectivity index (χ1v) is 5.64. The molecular formula is C12H18N2O2. The Kier molecular flexibility index (Phi) is 3.62. The highest BCUT2D eigenvalue weighted by Gasteiger charge is 2.20. The molecule has 1 fully saturated rings. The standard InChI is InChI=1S/C12H18N2O2/c1-15-11-6-8-14-10(12(11)16-2)5-7-13-9-3-4-9/h6,8-9,13H,3-5,7H2,1-2H3. The van der Waals surface area contributed by atoms with Gasteiger partial charge < -0.3 is 14.8 Å². The van der Waals surface area contributed by atoms with Gasteiger partial charge in [-0.05, 0) is 12.8 Å². The third kappa shape index (κ3) is 2.64. The first-order chi connectivity index (χ1) is 7.85. The lowest BCUT2D eigenvalue weighted by atomic mass is 10.2. The fourth-order valence-corrected chi connectivity index (χ4v) is 1.71. The highest BCUT2D eigenvalue weighted by molar-refractivity contribution is 5.42. The lowest BCUT2D eigenvalue weighted by Crippen LogP contribution is -2.20. The summed E-state index contributed by atoms with van der Waals surface area (Å²) >= 11 is 0. The Morgan fingerprint density at radius 2 is 2.19 bits per heavy atom. The summed E-state index contributed by atoms with van der Waals surface area (Å²) in [7, 11) is 3.29. The van der Waals surface area contributed by atoms with Crippen molar-refractivity contribution in [2.24, 2.45) is 0 Å².